The van der Waals surface area contributed by atoms with Gasteiger partial charge in [0, 0.05) is 25.5 Å². The van der Waals surface area contributed by atoms with Crippen molar-refractivity contribution < 1.29 is 0 Å². The van der Waals surface area contributed by atoms with Crippen LogP contribution in [-0.4, -0.2) is 22.9 Å². The van der Waals surface area contributed by atoms with E-state index in [1.807, 2.05) is 0 Å². The summed E-state index contributed by atoms with van der Waals surface area (Å²) in [5.41, 5.74) is 1.43. The Labute approximate surface area is 187 Å². The van der Waals surface area contributed by atoms with Gasteiger partial charge in [0.25, 0.3) is 0 Å². The van der Waals surface area contributed by atoms with E-state index >= 15 is 0 Å². The Morgan fingerprint density at radius 1 is 0.533 bits per heavy atom. The molecule has 0 N–H and O–H groups in total. The number of unbranched alkanes of at least 4 members (excludes halogenated alkanes) is 13. The SMILES string of the molecule is CCCCCCCCCCCN1C=CN(CCCCCCCC)C1c1ccccc1. The summed E-state index contributed by atoms with van der Waals surface area (Å²) in [7, 11) is 0. The van der Waals surface area contributed by atoms with Gasteiger partial charge in [-0.05, 0) is 18.4 Å². The van der Waals surface area contributed by atoms with Gasteiger partial charge in [-0.25, -0.2) is 0 Å². The molecule has 0 aromatic heterocycles. The van der Waals surface area contributed by atoms with Gasteiger partial charge in [-0.3, -0.25) is 0 Å². The molecule has 30 heavy (non-hydrogen) atoms. The maximum atomic E-state index is 2.58. The molecule has 0 spiro atoms. The molecule has 2 nitrogen and oxygen atoms in total. The first-order valence-corrected chi connectivity index (χ1v) is 13.1. The molecule has 0 saturated carbocycles. The molecular weight excluding hydrogens is 364 g/mol. The Bertz CT molecular complexity index is 539. The zero-order valence-corrected chi connectivity index (χ0v) is 20.0. The average Bonchev–Trinajstić information content (AvgIpc) is 3.18. The number of benzene rings is 1. The number of hydrogen-bond donors (Lipinski definition) is 0. The van der Waals surface area contributed by atoms with Crippen molar-refractivity contribution in [2.45, 2.75) is 116 Å². The van der Waals surface area contributed by atoms with Gasteiger partial charge in [0.05, 0.1) is 0 Å². The van der Waals surface area contributed by atoms with E-state index in [0.717, 1.165) is 0 Å². The molecule has 1 aromatic carbocycles. The Hall–Kier alpha value is -1.44. The Balaban J connectivity index is 1.71. The molecule has 0 radical (unpaired) electrons. The van der Waals surface area contributed by atoms with Crippen LogP contribution in [0.1, 0.15) is 122 Å². The van der Waals surface area contributed by atoms with Crippen LogP contribution in [0.25, 0.3) is 0 Å². The van der Waals surface area contributed by atoms with E-state index in [0.29, 0.717) is 6.17 Å². The molecule has 0 aliphatic carbocycles. The summed E-state index contributed by atoms with van der Waals surface area (Å²) in [4.78, 5) is 5.15. The summed E-state index contributed by atoms with van der Waals surface area (Å²) in [5.74, 6) is 0. The van der Waals surface area contributed by atoms with Crippen molar-refractivity contribution in [3.05, 3.63) is 48.3 Å². The molecule has 0 bridgehead atoms. The van der Waals surface area contributed by atoms with Gasteiger partial charge in [-0.15, -0.1) is 0 Å². The molecule has 170 valence electrons. The Morgan fingerprint density at radius 2 is 0.933 bits per heavy atom. The third-order valence-corrected chi connectivity index (χ3v) is 6.47. The second kappa shape index (κ2) is 16.3. The lowest BCUT2D eigenvalue weighted by Gasteiger charge is -2.33. The van der Waals surface area contributed by atoms with Crippen LogP contribution >= 0.6 is 0 Å². The Morgan fingerprint density at radius 3 is 1.37 bits per heavy atom. The van der Waals surface area contributed by atoms with Crippen molar-refractivity contribution in [1.29, 1.82) is 0 Å². The fraction of sp³-hybridized carbons (Fsp3) is 0.714. The molecule has 0 fully saturated rings. The largest absolute Gasteiger partial charge is 0.352 e. The molecule has 1 aromatic rings. The van der Waals surface area contributed by atoms with Gasteiger partial charge in [-0.2, -0.15) is 0 Å². The van der Waals surface area contributed by atoms with Crippen molar-refractivity contribution in [3.8, 4) is 0 Å². The lowest BCUT2D eigenvalue weighted by atomic mass is 10.1. The van der Waals surface area contributed by atoms with E-state index in [2.05, 4.69) is 66.4 Å². The highest BCUT2D eigenvalue weighted by Crippen LogP contribution is 2.31. The molecule has 2 rings (SSSR count). The maximum absolute atomic E-state index is 2.58. The lowest BCUT2D eigenvalue weighted by molar-refractivity contribution is 0.149. The zero-order chi connectivity index (χ0) is 21.3. The van der Waals surface area contributed by atoms with Crippen LogP contribution in [0.15, 0.2) is 42.7 Å². The summed E-state index contributed by atoms with van der Waals surface area (Å²) in [6.07, 6.45) is 25.9. The number of nitrogens with zero attached hydrogens (tertiary/aromatic N) is 2. The van der Waals surface area contributed by atoms with Gasteiger partial charge >= 0.3 is 0 Å². The summed E-state index contributed by atoms with van der Waals surface area (Å²) < 4.78 is 0. The van der Waals surface area contributed by atoms with Crippen molar-refractivity contribution in [2.75, 3.05) is 13.1 Å². The second-order valence-corrected chi connectivity index (χ2v) is 9.15. The molecule has 1 aliphatic heterocycles. The van der Waals surface area contributed by atoms with Crippen LogP contribution in [0, 0.1) is 0 Å². The Kier molecular flexibility index (Phi) is 13.5. The first kappa shape index (κ1) is 24.8. The summed E-state index contributed by atoms with van der Waals surface area (Å²) >= 11 is 0. The minimum Gasteiger partial charge on any atom is -0.352 e. The quantitative estimate of drug-likeness (QED) is 0.222. The summed E-state index contributed by atoms with van der Waals surface area (Å²) in [6.45, 7) is 6.95. The minimum absolute atomic E-state index is 0.399. The fourth-order valence-electron chi connectivity index (χ4n) is 4.61. The van der Waals surface area contributed by atoms with Gasteiger partial charge < -0.3 is 9.80 Å². The van der Waals surface area contributed by atoms with Crippen LogP contribution in [0.4, 0.5) is 0 Å². The third kappa shape index (κ3) is 9.58. The van der Waals surface area contributed by atoms with E-state index in [9.17, 15) is 0 Å². The topological polar surface area (TPSA) is 6.48 Å². The van der Waals surface area contributed by atoms with Gasteiger partial charge in [-0.1, -0.05) is 128 Å². The first-order valence-electron chi connectivity index (χ1n) is 13.1. The predicted octanol–water partition coefficient (Wildman–Crippen LogP) is 8.67. The molecule has 1 atom stereocenters. The molecule has 1 heterocycles. The van der Waals surface area contributed by atoms with E-state index < -0.39 is 0 Å². The molecule has 1 unspecified atom stereocenters. The number of hydrogen-bond acceptors (Lipinski definition) is 2. The van der Waals surface area contributed by atoms with E-state index in [-0.39, 0.29) is 0 Å². The van der Waals surface area contributed by atoms with E-state index in [1.165, 1.54) is 115 Å². The average molecular weight is 413 g/mol. The fourth-order valence-corrected chi connectivity index (χ4v) is 4.61. The molecule has 1 aliphatic rings. The second-order valence-electron chi connectivity index (χ2n) is 9.15. The predicted molar refractivity (Wildman–Crippen MR) is 132 cm³/mol. The number of rotatable bonds is 18. The monoisotopic (exact) mass is 412 g/mol. The zero-order valence-electron chi connectivity index (χ0n) is 20.0. The van der Waals surface area contributed by atoms with Gasteiger partial charge in [0.2, 0.25) is 0 Å². The van der Waals surface area contributed by atoms with Crippen LogP contribution < -0.4 is 0 Å². The van der Waals surface area contributed by atoms with Gasteiger partial charge in [0.15, 0.2) is 0 Å². The van der Waals surface area contributed by atoms with E-state index in [1.54, 1.807) is 0 Å². The van der Waals surface area contributed by atoms with Crippen LogP contribution in [-0.2, 0) is 0 Å². The maximum Gasteiger partial charge on any atom is 0.127 e. The van der Waals surface area contributed by atoms with Crippen LogP contribution in [0.2, 0.25) is 0 Å². The highest BCUT2D eigenvalue weighted by molar-refractivity contribution is 5.21. The smallest absolute Gasteiger partial charge is 0.127 e. The standard InChI is InChI=1S/C28H48N2/c1-3-5-7-9-11-12-13-15-20-24-30-26-25-29(23-19-14-10-8-6-4-2)28(30)27-21-17-16-18-22-27/h16-18,21-22,25-26,28H,3-15,19-20,23-24H2,1-2H3. The molecule has 2 heteroatoms. The van der Waals surface area contributed by atoms with Crippen molar-refractivity contribution in [2.24, 2.45) is 0 Å². The summed E-state index contributed by atoms with van der Waals surface area (Å²) in [6, 6.07) is 11.1. The molecule has 0 saturated heterocycles. The third-order valence-electron chi connectivity index (χ3n) is 6.47. The first-order chi connectivity index (χ1) is 14.9. The highest BCUT2D eigenvalue weighted by atomic mass is 15.4. The van der Waals surface area contributed by atoms with Crippen molar-refractivity contribution in [3.63, 3.8) is 0 Å². The van der Waals surface area contributed by atoms with Crippen molar-refractivity contribution >= 4 is 0 Å². The summed E-state index contributed by atoms with van der Waals surface area (Å²) in [5, 5.41) is 0. The van der Waals surface area contributed by atoms with Crippen LogP contribution in [0.3, 0.4) is 0 Å². The van der Waals surface area contributed by atoms with Gasteiger partial charge in [0.1, 0.15) is 6.17 Å². The molecular formula is C28H48N2. The molecule has 0 amide bonds. The minimum atomic E-state index is 0.399. The highest BCUT2D eigenvalue weighted by Gasteiger charge is 2.26. The van der Waals surface area contributed by atoms with Crippen LogP contribution in [0.5, 0.6) is 0 Å². The van der Waals surface area contributed by atoms with E-state index in [4.69, 9.17) is 0 Å². The normalized spacial score (nSPS) is 16.0. The lowest BCUT2D eigenvalue weighted by Crippen LogP contribution is -2.32. The van der Waals surface area contributed by atoms with Crippen molar-refractivity contribution in [1.82, 2.24) is 9.80 Å².